The van der Waals surface area contributed by atoms with E-state index in [0.29, 0.717) is 39.0 Å². The van der Waals surface area contributed by atoms with E-state index in [0.717, 1.165) is 12.8 Å². The van der Waals surface area contributed by atoms with Gasteiger partial charge in [0, 0.05) is 31.8 Å². The molecule has 2 saturated heterocycles. The minimum Gasteiger partial charge on any atom is -0.444 e. The molecule has 0 spiro atoms. The summed E-state index contributed by atoms with van der Waals surface area (Å²) in [6, 6.07) is -0.394. The molecule has 2 fully saturated rings. The van der Waals surface area contributed by atoms with E-state index in [-0.39, 0.29) is 42.2 Å². The van der Waals surface area contributed by atoms with E-state index in [2.05, 4.69) is 6.92 Å². The Morgan fingerprint density at radius 2 is 1.76 bits per heavy atom. The van der Waals surface area contributed by atoms with Crippen LogP contribution < -0.4 is 0 Å². The molecule has 8 nitrogen and oxygen atoms in total. The fraction of sp³-hybridized carbons (Fsp3) is 0.900. The molecular formula is C20H36N2O6S. The minimum absolute atomic E-state index is 0.0139. The highest BCUT2D eigenvalue weighted by molar-refractivity contribution is 7.91. The van der Waals surface area contributed by atoms with Gasteiger partial charge in [0.15, 0.2) is 9.84 Å². The average Bonchev–Trinajstić information content (AvgIpc) is 2.97. The van der Waals surface area contributed by atoms with Crippen LogP contribution in [-0.2, 0) is 24.1 Å². The summed E-state index contributed by atoms with van der Waals surface area (Å²) in [6.45, 7) is 9.02. The van der Waals surface area contributed by atoms with Crippen molar-refractivity contribution >= 4 is 21.8 Å². The fourth-order valence-electron chi connectivity index (χ4n) is 3.83. The van der Waals surface area contributed by atoms with Crippen molar-refractivity contribution in [1.29, 1.82) is 0 Å². The van der Waals surface area contributed by atoms with Crippen molar-refractivity contribution < 1.29 is 27.5 Å². The number of unbranched alkanes of at least 4 members (excludes halogenated alkanes) is 1. The Hall–Kier alpha value is -1.35. The lowest BCUT2D eigenvalue weighted by Gasteiger charge is -2.41. The molecule has 2 aliphatic rings. The highest BCUT2D eigenvalue weighted by Gasteiger charge is 2.40. The summed E-state index contributed by atoms with van der Waals surface area (Å²) in [5.74, 6) is -0.0200. The summed E-state index contributed by atoms with van der Waals surface area (Å²) in [5, 5.41) is 0. The second-order valence-electron chi connectivity index (χ2n) is 8.96. The van der Waals surface area contributed by atoms with Crippen molar-refractivity contribution in [3.05, 3.63) is 0 Å². The highest BCUT2D eigenvalue weighted by Crippen LogP contribution is 2.26. The van der Waals surface area contributed by atoms with E-state index in [1.807, 2.05) is 20.8 Å². The van der Waals surface area contributed by atoms with Crippen molar-refractivity contribution in [3.8, 4) is 0 Å². The largest absolute Gasteiger partial charge is 0.444 e. The Bertz CT molecular complexity index is 665. The van der Waals surface area contributed by atoms with Crippen molar-refractivity contribution in [2.24, 2.45) is 0 Å². The summed E-state index contributed by atoms with van der Waals surface area (Å²) in [6.07, 6.45) is 3.21. The van der Waals surface area contributed by atoms with Crippen LogP contribution >= 0.6 is 0 Å². The quantitative estimate of drug-likeness (QED) is 0.573. The lowest BCUT2D eigenvalue weighted by Crippen LogP contribution is -2.54. The number of carbonyl (C=O) groups excluding carboxylic acids is 2. The molecule has 1 atom stereocenters. The van der Waals surface area contributed by atoms with Gasteiger partial charge in [0.1, 0.15) is 12.2 Å². The number of carbonyl (C=O) groups is 2. The molecule has 0 aromatic rings. The van der Waals surface area contributed by atoms with E-state index in [9.17, 15) is 18.0 Å². The predicted molar refractivity (Wildman–Crippen MR) is 110 cm³/mol. The van der Waals surface area contributed by atoms with E-state index in [4.69, 9.17) is 9.47 Å². The molecule has 2 amide bonds. The standard InChI is InChI=1S/C20H36N2O6S/c1-5-6-12-27-14-18(23)22(17-9-13-29(25,26)15-17)16-7-10-21(11-8-16)19(24)28-20(2,3)4/h16-17H,5-15H2,1-4H3/t17-/m1/s1. The van der Waals surface area contributed by atoms with Crippen molar-refractivity contribution in [2.45, 2.75) is 77.5 Å². The molecule has 0 aliphatic carbocycles. The van der Waals surface area contributed by atoms with Gasteiger partial charge < -0.3 is 19.3 Å². The van der Waals surface area contributed by atoms with Gasteiger partial charge in [0.05, 0.1) is 11.5 Å². The van der Waals surface area contributed by atoms with Crippen molar-refractivity contribution in [2.75, 3.05) is 37.8 Å². The van der Waals surface area contributed by atoms with Gasteiger partial charge in [-0.3, -0.25) is 4.79 Å². The monoisotopic (exact) mass is 432 g/mol. The van der Waals surface area contributed by atoms with E-state index in [1.165, 1.54) is 0 Å². The highest BCUT2D eigenvalue weighted by atomic mass is 32.2. The number of hydrogen-bond donors (Lipinski definition) is 0. The normalized spacial score (nSPS) is 22.5. The summed E-state index contributed by atoms with van der Waals surface area (Å²) in [5.41, 5.74) is -0.552. The Morgan fingerprint density at radius 1 is 1.10 bits per heavy atom. The number of hydrogen-bond acceptors (Lipinski definition) is 6. The van der Waals surface area contributed by atoms with Gasteiger partial charge in [-0.2, -0.15) is 0 Å². The molecule has 0 saturated carbocycles. The zero-order valence-electron chi connectivity index (χ0n) is 18.2. The maximum absolute atomic E-state index is 12.9. The third-order valence-corrected chi connectivity index (χ3v) is 7.02. The molecule has 29 heavy (non-hydrogen) atoms. The second-order valence-corrected chi connectivity index (χ2v) is 11.2. The molecular weight excluding hydrogens is 396 g/mol. The molecule has 0 unspecified atom stereocenters. The lowest BCUT2D eigenvalue weighted by molar-refractivity contribution is -0.141. The molecule has 2 heterocycles. The molecule has 2 aliphatic heterocycles. The molecule has 0 bridgehead atoms. The zero-order valence-corrected chi connectivity index (χ0v) is 19.0. The SMILES string of the molecule is CCCCOCC(=O)N(C1CCN(C(=O)OC(C)(C)C)CC1)[C@@H]1CCS(=O)(=O)C1. The zero-order chi connectivity index (χ0) is 21.7. The van der Waals surface area contributed by atoms with Crippen LogP contribution in [0.4, 0.5) is 4.79 Å². The van der Waals surface area contributed by atoms with Crippen LogP contribution in [0.1, 0.15) is 59.8 Å². The molecule has 0 radical (unpaired) electrons. The summed E-state index contributed by atoms with van der Waals surface area (Å²) in [4.78, 5) is 28.6. The van der Waals surface area contributed by atoms with E-state index >= 15 is 0 Å². The third-order valence-electron chi connectivity index (χ3n) is 5.27. The van der Waals surface area contributed by atoms with Crippen molar-refractivity contribution in [1.82, 2.24) is 9.80 Å². The number of amides is 2. The number of sulfone groups is 1. The van der Waals surface area contributed by atoms with Crippen LogP contribution in [-0.4, -0.2) is 85.7 Å². The van der Waals surface area contributed by atoms with Crippen LogP contribution in [0.15, 0.2) is 0 Å². The molecule has 0 aromatic carbocycles. The summed E-state index contributed by atoms with van der Waals surface area (Å²) >= 11 is 0. The molecule has 0 N–H and O–H groups in total. The third kappa shape index (κ3) is 7.44. The number of piperidine rings is 1. The summed E-state index contributed by atoms with van der Waals surface area (Å²) in [7, 11) is -3.11. The van der Waals surface area contributed by atoms with Gasteiger partial charge in [-0.05, 0) is 46.5 Å². The van der Waals surface area contributed by atoms with Gasteiger partial charge >= 0.3 is 6.09 Å². The maximum Gasteiger partial charge on any atom is 0.410 e. The average molecular weight is 433 g/mol. The van der Waals surface area contributed by atoms with Crippen LogP contribution in [0, 0.1) is 0 Å². The maximum atomic E-state index is 12.9. The topological polar surface area (TPSA) is 93.2 Å². The Kier molecular flexibility index (Phi) is 8.34. The number of nitrogens with zero attached hydrogens (tertiary/aromatic N) is 2. The molecule has 0 aromatic heterocycles. The first-order valence-corrected chi connectivity index (χ1v) is 12.4. The summed E-state index contributed by atoms with van der Waals surface area (Å²) < 4.78 is 34.9. The van der Waals surface area contributed by atoms with Crippen LogP contribution in [0.5, 0.6) is 0 Å². The van der Waals surface area contributed by atoms with Crippen LogP contribution in [0.2, 0.25) is 0 Å². The predicted octanol–water partition coefficient (Wildman–Crippen LogP) is 2.22. The van der Waals surface area contributed by atoms with E-state index in [1.54, 1.807) is 9.80 Å². The van der Waals surface area contributed by atoms with E-state index < -0.39 is 15.4 Å². The molecule has 2 rings (SSSR count). The van der Waals surface area contributed by atoms with Crippen LogP contribution in [0.25, 0.3) is 0 Å². The molecule has 9 heteroatoms. The number of rotatable bonds is 7. The van der Waals surface area contributed by atoms with Gasteiger partial charge in [0.25, 0.3) is 0 Å². The first-order valence-electron chi connectivity index (χ1n) is 10.6. The number of ether oxygens (including phenoxy) is 2. The second kappa shape index (κ2) is 10.1. The lowest BCUT2D eigenvalue weighted by atomic mass is 10.0. The van der Waals surface area contributed by atoms with Gasteiger partial charge in [-0.15, -0.1) is 0 Å². The van der Waals surface area contributed by atoms with Crippen molar-refractivity contribution in [3.63, 3.8) is 0 Å². The number of likely N-dealkylation sites (tertiary alicyclic amines) is 1. The van der Waals surface area contributed by atoms with Crippen LogP contribution in [0.3, 0.4) is 0 Å². The van der Waals surface area contributed by atoms with Gasteiger partial charge in [0.2, 0.25) is 5.91 Å². The Labute approximate surface area is 174 Å². The smallest absolute Gasteiger partial charge is 0.410 e. The fourth-order valence-corrected chi connectivity index (χ4v) is 5.55. The Balaban J connectivity index is 2.00. The minimum atomic E-state index is -3.11. The first kappa shape index (κ1) is 23.9. The first-order chi connectivity index (χ1) is 13.5. The van der Waals surface area contributed by atoms with Gasteiger partial charge in [-0.1, -0.05) is 13.3 Å². The molecule has 168 valence electrons. The van der Waals surface area contributed by atoms with Gasteiger partial charge in [-0.25, -0.2) is 13.2 Å². The Morgan fingerprint density at radius 3 is 2.28 bits per heavy atom.